The first-order chi connectivity index (χ1) is 27.0. The second-order valence-electron chi connectivity index (χ2n) is 8.26. The zero-order chi connectivity index (χ0) is 42.7. The molecule has 4 heteroatoms. The van der Waals surface area contributed by atoms with Crippen molar-refractivity contribution in [3.63, 3.8) is 0 Å². The number of hydrogen-bond acceptors (Lipinski definition) is 3. The van der Waals surface area contributed by atoms with E-state index in [0.29, 0.717) is 0 Å². The molecule has 0 amide bonds. The number of anilines is 6. The Labute approximate surface area is 250 Å². The summed E-state index contributed by atoms with van der Waals surface area (Å²) in [6.45, 7) is -4.40. The van der Waals surface area contributed by atoms with Crippen molar-refractivity contribution in [3.8, 4) is 0 Å². The summed E-state index contributed by atoms with van der Waals surface area (Å²) in [6, 6.07) is -11.2. The van der Waals surface area contributed by atoms with Crippen LogP contribution in [0.3, 0.4) is 0 Å². The molecule has 0 atom stereocenters. The van der Waals surface area contributed by atoms with Gasteiger partial charge in [0, 0.05) is 47.4 Å². The van der Waals surface area contributed by atoms with Gasteiger partial charge in [-0.05, 0) is 71.7 Å². The molecule has 0 radical (unpaired) electrons. The van der Waals surface area contributed by atoms with E-state index in [1.54, 1.807) is 0 Å². The second-order valence-corrected chi connectivity index (χ2v) is 9.31. The van der Waals surface area contributed by atoms with Gasteiger partial charge in [-0.25, -0.2) is 0 Å². The molecular weight excluding hydrogens is 467 g/mol. The van der Waals surface area contributed by atoms with E-state index in [4.69, 9.17) is 26.0 Å². The lowest BCUT2D eigenvalue weighted by atomic mass is 9.36. The van der Waals surface area contributed by atoms with Gasteiger partial charge in [0.25, 0.3) is 6.71 Å². The minimum atomic E-state index is -3.01. The summed E-state index contributed by atoms with van der Waals surface area (Å²) >= 11 is 0.785. The molecule has 2 aliphatic rings. The van der Waals surface area contributed by atoms with Gasteiger partial charge in [0.1, 0.15) is 0 Å². The minimum absolute atomic E-state index is 0.0431. The quantitative estimate of drug-likeness (QED) is 0.225. The van der Waals surface area contributed by atoms with Crippen molar-refractivity contribution in [2.24, 2.45) is 0 Å². The van der Waals surface area contributed by atoms with Crippen LogP contribution in [0.25, 0.3) is 10.1 Å². The normalized spacial score (nSPS) is 21.7. The molecule has 6 aromatic rings. The molecule has 0 unspecified atom stereocenters. The molecule has 0 saturated heterocycles. The SMILES string of the molecule is [2H]c1c([2H])c([2H])c(N2c3cc(C([2H])([2H])[2H])cc4c3B(c3sc5c([2H])c([2H])c([2H])c([2H])c5c3N4c3c([2H])c([2H])c([2H])c([2H])c3[2H])c3c([2H])c([2H])c([2H])c([2H])c32)c([2H])c1[2H]. The standard InChI is InChI=1S/C33H23BN2S/c1-22-20-28-31-29(21-22)36(24-14-6-3-7-15-24)32-25-16-8-11-19-30(25)37-33(32)34(31)26-17-9-10-18-27(26)35(28)23-12-4-2-5-13-23/h2-21H,1H3/i1D3,2D,3D,4D,5D,6D,7D,8D,9D,10D,11D,12D,13D,14D,15D,16D,17D,18D,19D. The number of aryl methyl sites for hydroxylation is 1. The fraction of sp³-hybridized carbons (Fsp3) is 0.0303. The van der Waals surface area contributed by atoms with Crippen LogP contribution in [0.5, 0.6) is 0 Å². The molecule has 2 aliphatic heterocycles. The van der Waals surface area contributed by atoms with E-state index in [2.05, 4.69) is 0 Å². The van der Waals surface area contributed by atoms with Gasteiger partial charge in [-0.3, -0.25) is 0 Å². The van der Waals surface area contributed by atoms with Gasteiger partial charge in [-0.1, -0.05) is 72.5 Å². The van der Waals surface area contributed by atoms with E-state index >= 15 is 0 Å². The van der Waals surface area contributed by atoms with Gasteiger partial charge in [-0.15, -0.1) is 11.3 Å². The molecule has 0 bridgehead atoms. The number of nitrogens with zero attached hydrogens (tertiary/aromatic N) is 2. The van der Waals surface area contributed by atoms with E-state index in [-0.39, 0.29) is 42.9 Å². The van der Waals surface area contributed by atoms with Crippen LogP contribution >= 0.6 is 11.3 Å². The van der Waals surface area contributed by atoms with E-state index in [1.165, 1.54) is 0 Å². The molecule has 8 rings (SSSR count). The van der Waals surface area contributed by atoms with Gasteiger partial charge < -0.3 is 9.80 Å². The monoisotopic (exact) mass is 511 g/mol. The highest BCUT2D eigenvalue weighted by Gasteiger charge is 2.44. The predicted molar refractivity (Wildman–Crippen MR) is 161 cm³/mol. The maximum Gasteiger partial charge on any atom is 0.264 e. The van der Waals surface area contributed by atoms with Gasteiger partial charge in [0.2, 0.25) is 0 Å². The first-order valence-corrected chi connectivity index (χ1v) is 11.8. The highest BCUT2D eigenvalue weighted by Crippen LogP contribution is 2.47. The van der Waals surface area contributed by atoms with Gasteiger partial charge in [-0.2, -0.15) is 0 Å². The number of rotatable bonds is 2. The third-order valence-corrected chi connectivity index (χ3v) is 7.52. The predicted octanol–water partition coefficient (Wildman–Crippen LogP) is 7.29. The van der Waals surface area contributed by atoms with Crippen LogP contribution in [-0.2, 0) is 0 Å². The van der Waals surface area contributed by atoms with Crippen molar-refractivity contribution < 1.29 is 28.8 Å². The summed E-state index contributed by atoms with van der Waals surface area (Å²) in [4.78, 5) is 2.06. The smallest absolute Gasteiger partial charge is 0.264 e. The van der Waals surface area contributed by atoms with Crippen LogP contribution in [0.1, 0.15) is 34.3 Å². The maximum atomic E-state index is 9.31. The minimum Gasteiger partial charge on any atom is -0.311 e. The largest absolute Gasteiger partial charge is 0.311 e. The average Bonchev–Trinajstić information content (AvgIpc) is 3.58. The Morgan fingerprint density at radius 1 is 0.676 bits per heavy atom. The van der Waals surface area contributed by atoms with Crippen LogP contribution < -0.4 is 25.5 Å². The van der Waals surface area contributed by atoms with Crippen LogP contribution in [0.15, 0.2) is 121 Å². The Morgan fingerprint density at radius 3 is 2.05 bits per heavy atom. The van der Waals surface area contributed by atoms with Crippen molar-refractivity contribution in [1.29, 1.82) is 0 Å². The highest BCUT2D eigenvalue weighted by atomic mass is 32.1. The zero-order valence-corrected chi connectivity index (χ0v) is 19.4. The van der Waals surface area contributed by atoms with Crippen LogP contribution in [-0.4, -0.2) is 6.71 Å². The first kappa shape index (κ1) is 8.93. The van der Waals surface area contributed by atoms with Crippen molar-refractivity contribution in [2.45, 2.75) is 6.85 Å². The Morgan fingerprint density at radius 2 is 1.30 bits per heavy atom. The number of fused-ring (bicyclic) bond motifs is 6. The fourth-order valence-corrected chi connectivity index (χ4v) is 6.27. The summed E-state index contributed by atoms with van der Waals surface area (Å²) in [5.41, 5.74) is -3.04. The molecule has 2 nitrogen and oxygen atoms in total. The Hall–Kier alpha value is -4.28. The summed E-state index contributed by atoms with van der Waals surface area (Å²) in [6.07, 6.45) is 0. The van der Waals surface area contributed by atoms with Crippen LogP contribution in [0, 0.1) is 6.85 Å². The molecule has 1 aromatic heterocycles. The molecule has 37 heavy (non-hydrogen) atoms. The van der Waals surface area contributed by atoms with Crippen molar-refractivity contribution in [2.75, 3.05) is 9.80 Å². The molecule has 0 aliphatic carbocycles. The maximum absolute atomic E-state index is 9.31. The summed E-state index contributed by atoms with van der Waals surface area (Å²) < 4.78 is 183. The lowest BCUT2D eigenvalue weighted by molar-refractivity contribution is 1.25. The summed E-state index contributed by atoms with van der Waals surface area (Å²) in [5.74, 6) is 0. The molecule has 3 heterocycles. The Balaban J connectivity index is 1.70. The van der Waals surface area contributed by atoms with Crippen LogP contribution in [0.2, 0.25) is 0 Å². The summed E-state index contributed by atoms with van der Waals surface area (Å²) in [7, 11) is 0. The van der Waals surface area contributed by atoms with Crippen molar-refractivity contribution in [1.82, 2.24) is 0 Å². The van der Waals surface area contributed by atoms with Crippen molar-refractivity contribution in [3.05, 3.63) is 126 Å². The molecule has 174 valence electrons. The lowest BCUT2D eigenvalue weighted by Crippen LogP contribution is -2.60. The topological polar surface area (TPSA) is 6.48 Å². The molecule has 5 aromatic carbocycles. The number of hydrogen-bond donors (Lipinski definition) is 0. The van der Waals surface area contributed by atoms with E-state index in [0.717, 1.165) is 33.3 Å². The molecule has 0 N–H and O–H groups in total. The first-order valence-electron chi connectivity index (χ1n) is 21.5. The number of thiophene rings is 1. The Kier molecular flexibility index (Phi) is 1.90. The molecule has 0 saturated carbocycles. The average molecular weight is 512 g/mol. The number of benzene rings is 5. The van der Waals surface area contributed by atoms with E-state index in [1.807, 2.05) is 0 Å². The van der Waals surface area contributed by atoms with E-state index < -0.39 is 145 Å². The second kappa shape index (κ2) is 7.86. The van der Waals surface area contributed by atoms with Gasteiger partial charge in [0.05, 0.1) is 30.4 Å². The molecular formula is C33H23BN2S. The highest BCUT2D eigenvalue weighted by molar-refractivity contribution is 7.33. The van der Waals surface area contributed by atoms with Gasteiger partial charge >= 0.3 is 0 Å². The van der Waals surface area contributed by atoms with Gasteiger partial charge in [0.15, 0.2) is 0 Å². The molecule has 0 spiro atoms. The molecule has 0 fully saturated rings. The summed E-state index contributed by atoms with van der Waals surface area (Å²) in [5, 5.41) is -0.195. The van der Waals surface area contributed by atoms with Crippen LogP contribution in [0.4, 0.5) is 34.1 Å². The third-order valence-electron chi connectivity index (χ3n) is 6.36. The van der Waals surface area contributed by atoms with Crippen molar-refractivity contribution >= 4 is 78.0 Å². The fourth-order valence-electron chi connectivity index (χ4n) is 5.06. The van der Waals surface area contributed by atoms with E-state index in [9.17, 15) is 2.74 Å². The zero-order valence-electron chi connectivity index (χ0n) is 39.5. The Bertz CT molecular complexity index is 2850. The lowest BCUT2D eigenvalue weighted by Gasteiger charge is -2.43. The third kappa shape index (κ3) is 2.94. The number of para-hydroxylation sites is 3.